The van der Waals surface area contributed by atoms with Crippen molar-refractivity contribution < 1.29 is 30.0 Å². The number of aliphatic hydroxyl groups excluding tert-OH is 2. The quantitative estimate of drug-likeness (QED) is 0.136. The van der Waals surface area contributed by atoms with E-state index in [9.17, 15) is 30.0 Å². The van der Waals surface area contributed by atoms with Crippen LogP contribution in [-0.2, 0) is 9.59 Å². The fourth-order valence-electron chi connectivity index (χ4n) is 3.57. The molecule has 0 saturated heterocycles. The largest absolute Gasteiger partial charge is 0.384 e. The van der Waals surface area contributed by atoms with E-state index in [4.69, 9.17) is 0 Å². The zero-order valence-corrected chi connectivity index (χ0v) is 18.6. The average Bonchev–Trinajstić information content (AvgIpc) is 2.70. The molecule has 0 heterocycles. The molecule has 0 aromatic carbocycles. The number of unbranched alkanes of at least 4 members (excludes halogenated alkanes) is 12. The molecular formula is C23H44O6. The third-order valence-corrected chi connectivity index (χ3v) is 5.58. The van der Waals surface area contributed by atoms with Crippen LogP contribution in [0, 0.1) is 0 Å². The molecule has 0 aromatic rings. The molecule has 0 spiro atoms. The lowest BCUT2D eigenvalue weighted by Gasteiger charge is -2.31. The highest BCUT2D eigenvalue weighted by molar-refractivity contribution is 6.10. The SMILES string of the molecule is CCCCCCCCCC(=O)C(O)(C(=O)CCCCCCCCC)C(O)C(O)O. The van der Waals surface area contributed by atoms with Crippen LogP contribution in [0.2, 0.25) is 0 Å². The van der Waals surface area contributed by atoms with E-state index in [-0.39, 0.29) is 12.8 Å². The molecule has 0 radical (unpaired) electrons. The molecule has 4 N–H and O–H groups in total. The number of ketones is 2. The van der Waals surface area contributed by atoms with Gasteiger partial charge in [-0.25, -0.2) is 0 Å². The summed E-state index contributed by atoms with van der Waals surface area (Å²) in [6.07, 6.45) is 9.04. The zero-order valence-electron chi connectivity index (χ0n) is 18.6. The number of hydrogen-bond donors (Lipinski definition) is 4. The Balaban J connectivity index is 4.54. The van der Waals surface area contributed by atoms with E-state index in [1.165, 1.54) is 12.8 Å². The van der Waals surface area contributed by atoms with Crippen molar-refractivity contribution in [3.63, 3.8) is 0 Å². The number of carbonyl (C=O) groups excluding carboxylic acids is 2. The van der Waals surface area contributed by atoms with Gasteiger partial charge in [0.1, 0.15) is 6.10 Å². The molecule has 6 heteroatoms. The topological polar surface area (TPSA) is 115 Å². The molecule has 29 heavy (non-hydrogen) atoms. The van der Waals surface area contributed by atoms with Gasteiger partial charge in [-0.1, -0.05) is 90.9 Å². The van der Waals surface area contributed by atoms with Gasteiger partial charge in [0.15, 0.2) is 17.9 Å². The van der Waals surface area contributed by atoms with Crippen LogP contribution in [0.15, 0.2) is 0 Å². The molecule has 1 unspecified atom stereocenters. The number of carbonyl (C=O) groups is 2. The summed E-state index contributed by atoms with van der Waals surface area (Å²) in [5, 5.41) is 39.2. The van der Waals surface area contributed by atoms with E-state index in [2.05, 4.69) is 13.8 Å². The van der Waals surface area contributed by atoms with Crippen molar-refractivity contribution >= 4 is 11.6 Å². The maximum atomic E-state index is 12.5. The molecule has 0 aliphatic carbocycles. The minimum absolute atomic E-state index is 0.0587. The lowest BCUT2D eigenvalue weighted by molar-refractivity contribution is -0.200. The summed E-state index contributed by atoms with van der Waals surface area (Å²) < 4.78 is 0. The van der Waals surface area contributed by atoms with Gasteiger partial charge >= 0.3 is 0 Å². The molecule has 0 bridgehead atoms. The summed E-state index contributed by atoms with van der Waals surface area (Å²) in [5.74, 6) is -1.64. The van der Waals surface area contributed by atoms with E-state index in [0.29, 0.717) is 12.8 Å². The Bertz CT molecular complexity index is 405. The van der Waals surface area contributed by atoms with E-state index >= 15 is 0 Å². The molecule has 0 saturated carbocycles. The van der Waals surface area contributed by atoms with Crippen molar-refractivity contribution in [2.24, 2.45) is 0 Å². The zero-order chi connectivity index (χ0) is 22.1. The molecule has 0 aliphatic heterocycles. The number of Topliss-reactive ketones (excluding diaryl/α,β-unsaturated/α-hetero) is 2. The second-order valence-corrected chi connectivity index (χ2v) is 8.21. The summed E-state index contributed by atoms with van der Waals surface area (Å²) in [7, 11) is 0. The highest BCUT2D eigenvalue weighted by atomic mass is 16.5. The van der Waals surface area contributed by atoms with Crippen LogP contribution in [0.4, 0.5) is 0 Å². The van der Waals surface area contributed by atoms with Crippen LogP contribution >= 0.6 is 0 Å². The van der Waals surface area contributed by atoms with Gasteiger partial charge in [0, 0.05) is 12.8 Å². The first-order valence-corrected chi connectivity index (χ1v) is 11.6. The van der Waals surface area contributed by atoms with Gasteiger partial charge in [-0.05, 0) is 12.8 Å². The van der Waals surface area contributed by atoms with Crippen LogP contribution in [0.25, 0.3) is 0 Å². The summed E-state index contributed by atoms with van der Waals surface area (Å²) >= 11 is 0. The third kappa shape index (κ3) is 11.2. The van der Waals surface area contributed by atoms with Gasteiger partial charge in [-0.15, -0.1) is 0 Å². The highest BCUT2D eigenvalue weighted by Gasteiger charge is 2.51. The number of hydrogen-bond acceptors (Lipinski definition) is 6. The van der Waals surface area contributed by atoms with Crippen molar-refractivity contribution in [3.8, 4) is 0 Å². The first-order chi connectivity index (χ1) is 13.8. The average molecular weight is 417 g/mol. The lowest BCUT2D eigenvalue weighted by Crippen LogP contribution is -2.60. The molecule has 0 aliphatic rings. The molecule has 0 aromatic heterocycles. The van der Waals surface area contributed by atoms with Crippen LogP contribution < -0.4 is 0 Å². The van der Waals surface area contributed by atoms with Gasteiger partial charge in [0.25, 0.3) is 0 Å². The third-order valence-electron chi connectivity index (χ3n) is 5.58. The maximum Gasteiger partial charge on any atom is 0.212 e. The van der Waals surface area contributed by atoms with Gasteiger partial charge in [0.2, 0.25) is 5.60 Å². The van der Waals surface area contributed by atoms with Crippen molar-refractivity contribution in [3.05, 3.63) is 0 Å². The predicted molar refractivity (Wildman–Crippen MR) is 114 cm³/mol. The van der Waals surface area contributed by atoms with Crippen molar-refractivity contribution in [2.75, 3.05) is 0 Å². The first kappa shape index (κ1) is 28.2. The van der Waals surface area contributed by atoms with Gasteiger partial charge in [-0.2, -0.15) is 0 Å². The van der Waals surface area contributed by atoms with E-state index in [1.807, 2.05) is 0 Å². The van der Waals surface area contributed by atoms with Crippen LogP contribution in [-0.4, -0.2) is 50.0 Å². The molecule has 0 fully saturated rings. The van der Waals surface area contributed by atoms with Crippen molar-refractivity contribution in [1.82, 2.24) is 0 Å². The Morgan fingerprint density at radius 3 is 1.24 bits per heavy atom. The maximum absolute atomic E-state index is 12.5. The normalized spacial score (nSPS) is 13.1. The standard InChI is InChI=1S/C23H44O6/c1-3-5-7-9-11-13-15-17-19(24)23(29,21(26)22(27)28)20(25)18-16-14-12-10-8-6-4-2/h21-22,26-29H,3-18H2,1-2H3. The fraction of sp³-hybridized carbons (Fsp3) is 0.913. The van der Waals surface area contributed by atoms with Gasteiger partial charge in [-0.3, -0.25) is 9.59 Å². The molecule has 6 nitrogen and oxygen atoms in total. The van der Waals surface area contributed by atoms with E-state index in [1.54, 1.807) is 0 Å². The first-order valence-electron chi connectivity index (χ1n) is 11.6. The van der Waals surface area contributed by atoms with E-state index < -0.39 is 29.6 Å². The summed E-state index contributed by atoms with van der Waals surface area (Å²) in [5.41, 5.74) is -2.74. The van der Waals surface area contributed by atoms with Gasteiger partial charge in [0.05, 0.1) is 0 Å². The smallest absolute Gasteiger partial charge is 0.212 e. The van der Waals surface area contributed by atoms with Crippen LogP contribution in [0.1, 0.15) is 117 Å². The van der Waals surface area contributed by atoms with Crippen LogP contribution in [0.3, 0.4) is 0 Å². The van der Waals surface area contributed by atoms with Crippen molar-refractivity contribution in [2.45, 2.75) is 135 Å². The number of rotatable bonds is 20. The summed E-state index contributed by atoms with van der Waals surface area (Å²) in [4.78, 5) is 25.1. The molecule has 0 amide bonds. The molecule has 0 rings (SSSR count). The number of aliphatic hydroxyl groups is 4. The monoisotopic (exact) mass is 416 g/mol. The Morgan fingerprint density at radius 2 is 0.931 bits per heavy atom. The fourth-order valence-corrected chi connectivity index (χ4v) is 3.57. The summed E-state index contributed by atoms with van der Waals surface area (Å²) in [6.45, 7) is 4.29. The second-order valence-electron chi connectivity index (χ2n) is 8.21. The summed E-state index contributed by atoms with van der Waals surface area (Å²) in [6, 6.07) is 0. The Hall–Kier alpha value is -0.820. The second kappa shape index (κ2) is 16.9. The Kier molecular flexibility index (Phi) is 16.4. The Morgan fingerprint density at radius 1 is 0.621 bits per heavy atom. The lowest BCUT2D eigenvalue weighted by atomic mass is 9.82. The predicted octanol–water partition coefficient (Wildman–Crippen LogP) is 3.81. The highest BCUT2D eigenvalue weighted by Crippen LogP contribution is 2.23. The molecule has 172 valence electrons. The Labute approximate surface area is 176 Å². The van der Waals surface area contributed by atoms with Crippen LogP contribution in [0.5, 0.6) is 0 Å². The van der Waals surface area contributed by atoms with Gasteiger partial charge < -0.3 is 20.4 Å². The molecular weight excluding hydrogens is 372 g/mol. The van der Waals surface area contributed by atoms with Crippen molar-refractivity contribution in [1.29, 1.82) is 0 Å². The molecule has 1 atom stereocenters. The minimum atomic E-state index is -2.74. The minimum Gasteiger partial charge on any atom is -0.384 e. The van der Waals surface area contributed by atoms with E-state index in [0.717, 1.165) is 64.2 Å².